The lowest BCUT2D eigenvalue weighted by Crippen LogP contribution is -2.18. The highest BCUT2D eigenvalue weighted by Crippen LogP contribution is 2.25. The molecule has 6 heteroatoms. The van der Waals surface area contributed by atoms with Gasteiger partial charge in [0.2, 0.25) is 0 Å². The van der Waals surface area contributed by atoms with Crippen LogP contribution in [0, 0.1) is 16.7 Å². The van der Waals surface area contributed by atoms with Gasteiger partial charge in [0, 0.05) is 0 Å². The van der Waals surface area contributed by atoms with E-state index in [1.807, 2.05) is 30.5 Å². The molecule has 3 rings (SSSR count). The lowest BCUT2D eigenvalue weighted by molar-refractivity contribution is 0.955. The fourth-order valence-corrected chi connectivity index (χ4v) is 3.48. The van der Waals surface area contributed by atoms with Crippen LogP contribution in [0.5, 0.6) is 0 Å². The lowest BCUT2D eigenvalue weighted by Gasteiger charge is -2.02. The molecule has 0 bridgehead atoms. The Bertz CT molecular complexity index is 854. The molecule has 2 aromatic heterocycles. The van der Waals surface area contributed by atoms with Crippen LogP contribution in [0.4, 0.5) is 0 Å². The maximum atomic E-state index is 9.17. The molecule has 0 unspecified atom stereocenters. The smallest absolute Gasteiger partial charge is 0.197 e. The van der Waals surface area contributed by atoms with E-state index in [1.54, 1.807) is 4.40 Å². The molecule has 4 nitrogen and oxygen atoms in total. The molecule has 0 aliphatic rings. The monoisotopic (exact) mass is 272 g/mol. The van der Waals surface area contributed by atoms with Crippen LogP contribution < -0.4 is 5.49 Å². The van der Waals surface area contributed by atoms with Crippen molar-refractivity contribution in [3.05, 3.63) is 35.3 Å². The van der Waals surface area contributed by atoms with E-state index in [-0.39, 0.29) is 5.49 Å². The Morgan fingerprint density at radius 3 is 2.94 bits per heavy atom. The number of rotatable bonds is 1. The van der Waals surface area contributed by atoms with E-state index < -0.39 is 0 Å². The summed E-state index contributed by atoms with van der Waals surface area (Å²) in [6, 6.07) is 9.90. The van der Waals surface area contributed by atoms with E-state index in [0.717, 1.165) is 15.2 Å². The number of hydrogen-bond acceptors (Lipinski definition) is 5. The van der Waals surface area contributed by atoms with Gasteiger partial charge in [-0.3, -0.25) is 9.81 Å². The van der Waals surface area contributed by atoms with Crippen molar-refractivity contribution >= 4 is 38.3 Å². The average Bonchev–Trinajstić information content (AvgIpc) is 2.76. The van der Waals surface area contributed by atoms with Crippen molar-refractivity contribution in [2.75, 3.05) is 6.26 Å². The molecule has 0 spiro atoms. The summed E-state index contributed by atoms with van der Waals surface area (Å²) in [5.74, 6) is 0. The number of para-hydroxylation sites is 1. The molecule has 2 heterocycles. The Morgan fingerprint density at radius 2 is 2.22 bits per heavy atom. The van der Waals surface area contributed by atoms with Crippen molar-refractivity contribution in [2.45, 2.75) is 5.03 Å². The van der Waals surface area contributed by atoms with Gasteiger partial charge in [-0.2, -0.15) is 5.26 Å². The SMILES string of the molecule is CSc1nc2sc3ccccc3n2c(=N)c1C#N. The first-order valence-corrected chi connectivity index (χ1v) is 7.23. The molecule has 88 valence electrons. The molecule has 18 heavy (non-hydrogen) atoms. The predicted octanol–water partition coefficient (Wildman–Crippen LogP) is 2.62. The first-order valence-electron chi connectivity index (χ1n) is 5.19. The largest absolute Gasteiger partial charge is 0.283 e. The quantitative estimate of drug-likeness (QED) is 0.547. The van der Waals surface area contributed by atoms with Crippen molar-refractivity contribution in [1.29, 1.82) is 10.7 Å². The third kappa shape index (κ3) is 1.45. The minimum absolute atomic E-state index is 0.212. The van der Waals surface area contributed by atoms with Crippen molar-refractivity contribution in [3.8, 4) is 6.07 Å². The van der Waals surface area contributed by atoms with E-state index in [9.17, 15) is 0 Å². The second-order valence-electron chi connectivity index (χ2n) is 3.64. The van der Waals surface area contributed by atoms with Gasteiger partial charge in [-0.1, -0.05) is 23.5 Å². The van der Waals surface area contributed by atoms with Gasteiger partial charge in [0.15, 0.2) is 10.4 Å². The molecule has 3 aromatic rings. The molecular weight excluding hydrogens is 264 g/mol. The number of hydrogen-bond donors (Lipinski definition) is 1. The lowest BCUT2D eigenvalue weighted by atomic mass is 10.3. The second-order valence-corrected chi connectivity index (χ2v) is 5.45. The van der Waals surface area contributed by atoms with Gasteiger partial charge in [-0.25, -0.2) is 4.98 Å². The fourth-order valence-electron chi connectivity index (χ4n) is 1.87. The zero-order chi connectivity index (χ0) is 12.7. The highest BCUT2D eigenvalue weighted by molar-refractivity contribution is 7.98. The highest BCUT2D eigenvalue weighted by Gasteiger charge is 2.13. The van der Waals surface area contributed by atoms with Crippen LogP contribution in [0.25, 0.3) is 15.2 Å². The van der Waals surface area contributed by atoms with Gasteiger partial charge in [0.25, 0.3) is 0 Å². The van der Waals surface area contributed by atoms with E-state index in [1.165, 1.54) is 23.1 Å². The molecule has 1 N–H and O–H groups in total. The number of fused-ring (bicyclic) bond motifs is 3. The molecule has 0 radical (unpaired) electrons. The number of thiazole rings is 1. The summed E-state index contributed by atoms with van der Waals surface area (Å²) in [6.07, 6.45) is 1.87. The van der Waals surface area contributed by atoms with Crippen LogP contribution in [0.2, 0.25) is 0 Å². The maximum absolute atomic E-state index is 9.17. The summed E-state index contributed by atoms with van der Waals surface area (Å²) in [6.45, 7) is 0. The Labute approximate surface area is 111 Å². The predicted molar refractivity (Wildman–Crippen MR) is 72.9 cm³/mol. The van der Waals surface area contributed by atoms with Crippen LogP contribution in [-0.2, 0) is 0 Å². The van der Waals surface area contributed by atoms with Gasteiger partial charge >= 0.3 is 0 Å². The van der Waals surface area contributed by atoms with E-state index in [0.29, 0.717) is 10.6 Å². The van der Waals surface area contributed by atoms with Crippen molar-refractivity contribution in [2.24, 2.45) is 0 Å². The van der Waals surface area contributed by atoms with Gasteiger partial charge in [-0.15, -0.1) is 11.8 Å². The molecule has 0 aliphatic heterocycles. The van der Waals surface area contributed by atoms with Gasteiger partial charge in [0.1, 0.15) is 16.7 Å². The number of aromatic nitrogens is 2. The van der Waals surface area contributed by atoms with Gasteiger partial charge in [0.05, 0.1) is 10.2 Å². The molecule has 1 aromatic carbocycles. The second kappa shape index (κ2) is 4.12. The van der Waals surface area contributed by atoms with Crippen molar-refractivity contribution < 1.29 is 0 Å². The molecule has 0 amide bonds. The third-order valence-corrected chi connectivity index (χ3v) is 4.38. The van der Waals surface area contributed by atoms with Crippen LogP contribution in [0.3, 0.4) is 0 Å². The van der Waals surface area contributed by atoms with Crippen LogP contribution in [0.1, 0.15) is 5.56 Å². The Balaban J connectivity index is 2.60. The molecule has 0 aliphatic carbocycles. The maximum Gasteiger partial charge on any atom is 0.197 e. The number of nitriles is 1. The summed E-state index contributed by atoms with van der Waals surface area (Å²) in [5, 5.41) is 18.0. The summed E-state index contributed by atoms with van der Waals surface area (Å²) < 4.78 is 2.80. The standard InChI is InChI=1S/C12H8N4S2/c1-17-11-7(6-13)10(14)16-8-4-2-3-5-9(8)18-12(16)15-11/h2-5,14H,1H3. The average molecular weight is 272 g/mol. The fraction of sp³-hybridized carbons (Fsp3) is 0.0833. The third-order valence-electron chi connectivity index (χ3n) is 2.68. The van der Waals surface area contributed by atoms with E-state index in [4.69, 9.17) is 10.7 Å². The summed E-state index contributed by atoms with van der Waals surface area (Å²) in [5.41, 5.74) is 1.48. The van der Waals surface area contributed by atoms with Crippen molar-refractivity contribution in [3.63, 3.8) is 0 Å². The van der Waals surface area contributed by atoms with Gasteiger partial charge in [-0.05, 0) is 18.4 Å². The van der Waals surface area contributed by atoms with E-state index in [2.05, 4.69) is 11.1 Å². The molecule has 0 fully saturated rings. The first kappa shape index (κ1) is 11.3. The summed E-state index contributed by atoms with van der Waals surface area (Å²) >= 11 is 2.93. The molecule has 0 saturated heterocycles. The number of benzene rings is 1. The Hall–Kier alpha value is -1.84. The number of nitrogens with zero attached hydrogens (tertiary/aromatic N) is 3. The topological polar surface area (TPSA) is 64.9 Å². The normalized spacial score (nSPS) is 10.9. The van der Waals surface area contributed by atoms with Crippen molar-refractivity contribution in [1.82, 2.24) is 9.38 Å². The summed E-state index contributed by atoms with van der Waals surface area (Å²) in [7, 11) is 0. The Morgan fingerprint density at radius 1 is 1.44 bits per heavy atom. The minimum atomic E-state index is 0.212. The first-order chi connectivity index (χ1) is 8.76. The molecule has 0 atom stereocenters. The Kier molecular flexibility index (Phi) is 2.58. The number of nitrogens with one attached hydrogen (secondary N) is 1. The van der Waals surface area contributed by atoms with Crippen LogP contribution in [-0.4, -0.2) is 15.6 Å². The molecule has 0 saturated carbocycles. The molecular formula is C12H8N4S2. The zero-order valence-electron chi connectivity index (χ0n) is 9.47. The van der Waals surface area contributed by atoms with Crippen LogP contribution >= 0.6 is 23.1 Å². The van der Waals surface area contributed by atoms with E-state index >= 15 is 0 Å². The van der Waals surface area contributed by atoms with Gasteiger partial charge < -0.3 is 0 Å². The number of thioether (sulfide) groups is 1. The summed E-state index contributed by atoms with van der Waals surface area (Å²) in [4.78, 5) is 5.22. The zero-order valence-corrected chi connectivity index (χ0v) is 11.1. The highest BCUT2D eigenvalue weighted by atomic mass is 32.2. The minimum Gasteiger partial charge on any atom is -0.283 e. The van der Waals surface area contributed by atoms with Crippen LogP contribution in [0.15, 0.2) is 29.3 Å².